The Bertz CT molecular complexity index is 1100. The second-order valence-electron chi connectivity index (χ2n) is 9.10. The van der Waals surface area contributed by atoms with Crippen molar-refractivity contribution in [3.63, 3.8) is 0 Å². The number of anilines is 1. The van der Waals surface area contributed by atoms with Gasteiger partial charge in [-0.3, -0.25) is 13.9 Å². The van der Waals surface area contributed by atoms with Gasteiger partial charge in [-0.05, 0) is 68.9 Å². The summed E-state index contributed by atoms with van der Waals surface area (Å²) in [5.41, 5.74) is 3.44. The van der Waals surface area contributed by atoms with Crippen molar-refractivity contribution in [2.75, 3.05) is 23.7 Å². The summed E-state index contributed by atoms with van der Waals surface area (Å²) >= 11 is 0. The number of nitrogens with zero attached hydrogens (tertiary/aromatic N) is 2. The number of carbonyl (C=O) groups excluding carboxylic acids is 2. The molecule has 0 saturated heterocycles. The molecule has 1 N–H and O–H groups in total. The molecule has 2 rings (SSSR count). The van der Waals surface area contributed by atoms with Crippen LogP contribution in [0.25, 0.3) is 0 Å². The smallest absolute Gasteiger partial charge is 0.244 e. The van der Waals surface area contributed by atoms with Crippen molar-refractivity contribution >= 4 is 27.5 Å². The van der Waals surface area contributed by atoms with Crippen LogP contribution in [0.1, 0.15) is 50.3 Å². The van der Waals surface area contributed by atoms with Crippen LogP contribution in [0.4, 0.5) is 5.69 Å². The zero-order valence-corrected chi connectivity index (χ0v) is 22.6. The Kier molecular flexibility index (Phi) is 10.3. The van der Waals surface area contributed by atoms with Gasteiger partial charge in [0, 0.05) is 12.6 Å². The number of benzene rings is 2. The minimum atomic E-state index is -3.73. The van der Waals surface area contributed by atoms with E-state index in [1.165, 1.54) is 4.90 Å². The van der Waals surface area contributed by atoms with E-state index in [4.69, 9.17) is 0 Å². The van der Waals surface area contributed by atoms with E-state index in [-0.39, 0.29) is 18.5 Å². The SMILES string of the molecule is CC[C@@H](C)NC(=O)[C@@H](CC)N(CCc1ccccc1)C(=O)CN(c1ccc(C)c(C)c1)S(C)(=O)=O. The van der Waals surface area contributed by atoms with E-state index < -0.39 is 22.0 Å². The first-order chi connectivity index (χ1) is 16.5. The molecule has 35 heavy (non-hydrogen) atoms. The highest BCUT2D eigenvalue weighted by Gasteiger charge is 2.31. The van der Waals surface area contributed by atoms with Gasteiger partial charge in [0.25, 0.3) is 0 Å². The molecule has 0 fully saturated rings. The normalized spacial score (nSPS) is 13.1. The van der Waals surface area contributed by atoms with Gasteiger partial charge in [0.15, 0.2) is 0 Å². The van der Waals surface area contributed by atoms with Crippen molar-refractivity contribution < 1.29 is 18.0 Å². The molecule has 2 aromatic carbocycles. The third-order valence-electron chi connectivity index (χ3n) is 6.33. The lowest BCUT2D eigenvalue weighted by Crippen LogP contribution is -2.54. The fraction of sp³-hybridized carbons (Fsp3) is 0.481. The number of rotatable bonds is 12. The Morgan fingerprint density at radius 3 is 2.17 bits per heavy atom. The highest BCUT2D eigenvalue weighted by molar-refractivity contribution is 7.92. The van der Waals surface area contributed by atoms with Crippen LogP contribution in [0.15, 0.2) is 48.5 Å². The fourth-order valence-corrected chi connectivity index (χ4v) is 4.67. The van der Waals surface area contributed by atoms with Gasteiger partial charge in [-0.25, -0.2) is 8.42 Å². The summed E-state index contributed by atoms with van der Waals surface area (Å²) in [5, 5.41) is 2.98. The van der Waals surface area contributed by atoms with E-state index in [9.17, 15) is 18.0 Å². The number of amides is 2. The van der Waals surface area contributed by atoms with Crippen LogP contribution >= 0.6 is 0 Å². The molecule has 0 heterocycles. The van der Waals surface area contributed by atoms with Gasteiger partial charge < -0.3 is 10.2 Å². The van der Waals surface area contributed by atoms with Crippen molar-refractivity contribution in [2.45, 2.75) is 66.0 Å². The van der Waals surface area contributed by atoms with Gasteiger partial charge in [-0.1, -0.05) is 50.2 Å². The monoisotopic (exact) mass is 501 g/mol. The van der Waals surface area contributed by atoms with Crippen LogP contribution in [0.5, 0.6) is 0 Å². The van der Waals surface area contributed by atoms with Crippen molar-refractivity contribution in [3.05, 3.63) is 65.2 Å². The molecule has 0 aliphatic rings. The molecule has 2 amide bonds. The number of sulfonamides is 1. The van der Waals surface area contributed by atoms with E-state index in [1.807, 2.05) is 71.0 Å². The van der Waals surface area contributed by atoms with E-state index in [1.54, 1.807) is 12.1 Å². The summed E-state index contributed by atoms with van der Waals surface area (Å²) in [4.78, 5) is 28.3. The van der Waals surface area contributed by atoms with E-state index in [2.05, 4.69) is 5.32 Å². The van der Waals surface area contributed by atoms with Crippen LogP contribution in [-0.2, 0) is 26.0 Å². The summed E-state index contributed by atoms with van der Waals surface area (Å²) in [6.45, 7) is 9.55. The Hall–Kier alpha value is -2.87. The second-order valence-corrected chi connectivity index (χ2v) is 11.0. The number of nitrogens with one attached hydrogen (secondary N) is 1. The van der Waals surface area contributed by atoms with Gasteiger partial charge >= 0.3 is 0 Å². The Morgan fingerprint density at radius 2 is 1.63 bits per heavy atom. The zero-order chi connectivity index (χ0) is 26.2. The largest absolute Gasteiger partial charge is 0.352 e. The molecule has 2 aromatic rings. The average Bonchev–Trinajstić information content (AvgIpc) is 2.81. The van der Waals surface area contributed by atoms with Crippen LogP contribution < -0.4 is 9.62 Å². The predicted octanol–water partition coefficient (Wildman–Crippen LogP) is 3.83. The second kappa shape index (κ2) is 12.7. The van der Waals surface area contributed by atoms with Crippen LogP contribution in [-0.4, -0.2) is 56.6 Å². The van der Waals surface area contributed by atoms with Gasteiger partial charge in [-0.15, -0.1) is 0 Å². The standard InChI is InChI=1S/C27H39N3O4S/c1-7-22(5)28-27(32)25(8-2)29(17-16-23-12-10-9-11-13-23)26(31)19-30(35(6,33)34)24-15-14-20(3)21(4)18-24/h9-15,18,22,25H,7-8,16-17,19H2,1-6H3,(H,28,32)/t22-,25-/m1/s1. The third-order valence-corrected chi connectivity index (χ3v) is 7.47. The van der Waals surface area contributed by atoms with E-state index >= 15 is 0 Å². The molecule has 0 unspecified atom stereocenters. The molecule has 7 nitrogen and oxygen atoms in total. The molecule has 0 bridgehead atoms. The van der Waals surface area contributed by atoms with Crippen molar-refractivity contribution in [2.24, 2.45) is 0 Å². The van der Waals surface area contributed by atoms with Gasteiger partial charge in [-0.2, -0.15) is 0 Å². The topological polar surface area (TPSA) is 86.8 Å². The Labute approximate surface area is 210 Å². The fourth-order valence-electron chi connectivity index (χ4n) is 3.83. The van der Waals surface area contributed by atoms with Gasteiger partial charge in [0.2, 0.25) is 21.8 Å². The highest BCUT2D eigenvalue weighted by atomic mass is 32.2. The minimum absolute atomic E-state index is 0.0225. The molecular formula is C27H39N3O4S. The number of hydrogen-bond donors (Lipinski definition) is 1. The lowest BCUT2D eigenvalue weighted by Gasteiger charge is -2.33. The van der Waals surface area contributed by atoms with Crippen LogP contribution in [0, 0.1) is 13.8 Å². The summed E-state index contributed by atoms with van der Waals surface area (Å²) in [6.07, 6.45) is 2.85. The Morgan fingerprint density at radius 1 is 0.971 bits per heavy atom. The van der Waals surface area contributed by atoms with Crippen molar-refractivity contribution in [3.8, 4) is 0 Å². The number of aryl methyl sites for hydroxylation is 2. The van der Waals surface area contributed by atoms with E-state index in [0.29, 0.717) is 25.1 Å². The summed E-state index contributed by atoms with van der Waals surface area (Å²) < 4.78 is 26.5. The molecular weight excluding hydrogens is 462 g/mol. The first-order valence-corrected chi connectivity index (χ1v) is 14.0. The summed E-state index contributed by atoms with van der Waals surface area (Å²) in [5.74, 6) is -0.629. The molecule has 8 heteroatoms. The summed E-state index contributed by atoms with van der Waals surface area (Å²) in [6, 6.07) is 14.3. The van der Waals surface area contributed by atoms with Gasteiger partial charge in [0.1, 0.15) is 12.6 Å². The zero-order valence-electron chi connectivity index (χ0n) is 21.7. The highest BCUT2D eigenvalue weighted by Crippen LogP contribution is 2.22. The van der Waals surface area contributed by atoms with Gasteiger partial charge in [0.05, 0.1) is 11.9 Å². The maximum atomic E-state index is 13.6. The first kappa shape index (κ1) is 28.4. The van der Waals surface area contributed by atoms with Crippen molar-refractivity contribution in [1.82, 2.24) is 10.2 Å². The molecule has 2 atom stereocenters. The van der Waals surface area contributed by atoms with E-state index in [0.717, 1.165) is 33.7 Å². The Balaban J connectivity index is 2.38. The number of hydrogen-bond acceptors (Lipinski definition) is 4. The predicted molar refractivity (Wildman–Crippen MR) is 142 cm³/mol. The molecule has 0 aliphatic carbocycles. The molecule has 192 valence electrons. The first-order valence-electron chi connectivity index (χ1n) is 12.2. The lowest BCUT2D eigenvalue weighted by molar-refractivity contribution is -0.139. The molecule has 0 spiro atoms. The maximum Gasteiger partial charge on any atom is 0.244 e. The molecule has 0 aromatic heterocycles. The quantitative estimate of drug-likeness (QED) is 0.479. The number of carbonyl (C=O) groups is 2. The van der Waals surface area contributed by atoms with Crippen LogP contribution in [0.2, 0.25) is 0 Å². The van der Waals surface area contributed by atoms with Crippen molar-refractivity contribution in [1.29, 1.82) is 0 Å². The minimum Gasteiger partial charge on any atom is -0.352 e. The summed E-state index contributed by atoms with van der Waals surface area (Å²) in [7, 11) is -3.73. The lowest BCUT2D eigenvalue weighted by atomic mass is 10.1. The third kappa shape index (κ3) is 8.09. The maximum absolute atomic E-state index is 13.6. The molecule has 0 saturated carbocycles. The average molecular weight is 502 g/mol. The molecule has 0 radical (unpaired) electrons. The molecule has 0 aliphatic heterocycles. The van der Waals surface area contributed by atoms with Crippen LogP contribution in [0.3, 0.4) is 0 Å².